The first-order valence-corrected chi connectivity index (χ1v) is 12.7. The molecular weight excluding hydrogens is 560 g/mol. The molecule has 34 heavy (non-hydrogen) atoms. The first kappa shape index (κ1) is 26.0. The maximum atomic E-state index is 13.5. The molecule has 0 heterocycles. The SMILES string of the molecule is CCc1ccc(OCC(=O)N(Cc2cccc(Br)c2)[C@@H](Cc2ccccc2)C(=O)NC)c(Br)c1. The Morgan fingerprint density at radius 1 is 0.941 bits per heavy atom. The minimum absolute atomic E-state index is 0.180. The number of nitrogens with zero attached hydrogens (tertiary/aromatic N) is 1. The predicted octanol–water partition coefficient (Wildman–Crippen LogP) is 5.54. The minimum atomic E-state index is -0.687. The molecular formula is C27H28Br2N2O3. The number of benzene rings is 3. The van der Waals surface area contributed by atoms with Gasteiger partial charge in [0.05, 0.1) is 4.47 Å². The average Bonchev–Trinajstić information content (AvgIpc) is 2.85. The number of carbonyl (C=O) groups excluding carboxylic acids is 2. The van der Waals surface area contributed by atoms with Crippen LogP contribution in [-0.2, 0) is 29.0 Å². The van der Waals surface area contributed by atoms with E-state index in [0.717, 1.165) is 26.5 Å². The summed E-state index contributed by atoms with van der Waals surface area (Å²) in [4.78, 5) is 28.0. The number of halogens is 2. The van der Waals surface area contributed by atoms with Gasteiger partial charge in [-0.25, -0.2) is 0 Å². The maximum Gasteiger partial charge on any atom is 0.261 e. The van der Waals surface area contributed by atoms with Crippen LogP contribution in [0.15, 0.2) is 81.7 Å². The lowest BCUT2D eigenvalue weighted by atomic mass is 10.0. The minimum Gasteiger partial charge on any atom is -0.483 e. The molecule has 5 nitrogen and oxygen atoms in total. The molecule has 3 rings (SSSR count). The van der Waals surface area contributed by atoms with Crippen LogP contribution in [0.1, 0.15) is 23.6 Å². The lowest BCUT2D eigenvalue weighted by molar-refractivity contribution is -0.142. The van der Waals surface area contributed by atoms with Crippen LogP contribution in [0, 0.1) is 0 Å². The summed E-state index contributed by atoms with van der Waals surface area (Å²) in [7, 11) is 1.59. The van der Waals surface area contributed by atoms with E-state index in [9.17, 15) is 9.59 Å². The van der Waals surface area contributed by atoms with Crippen molar-refractivity contribution in [2.45, 2.75) is 32.4 Å². The number of carbonyl (C=O) groups is 2. The molecule has 1 atom stereocenters. The quantitative estimate of drug-likeness (QED) is 0.339. The van der Waals surface area contributed by atoms with Crippen LogP contribution in [0.5, 0.6) is 5.75 Å². The van der Waals surface area contributed by atoms with Crippen molar-refractivity contribution in [3.8, 4) is 5.75 Å². The monoisotopic (exact) mass is 586 g/mol. The summed E-state index contributed by atoms with van der Waals surface area (Å²) in [6.07, 6.45) is 1.31. The van der Waals surface area contributed by atoms with Crippen molar-refractivity contribution in [1.29, 1.82) is 0 Å². The van der Waals surface area contributed by atoms with Crippen molar-refractivity contribution in [3.05, 3.63) is 98.4 Å². The van der Waals surface area contributed by atoms with E-state index in [1.54, 1.807) is 11.9 Å². The third-order valence-electron chi connectivity index (χ3n) is 5.52. The lowest BCUT2D eigenvalue weighted by Gasteiger charge is -2.31. The highest BCUT2D eigenvalue weighted by Crippen LogP contribution is 2.26. The van der Waals surface area contributed by atoms with Crippen LogP contribution < -0.4 is 10.1 Å². The number of rotatable bonds is 10. The van der Waals surface area contributed by atoms with Crippen molar-refractivity contribution >= 4 is 43.7 Å². The lowest BCUT2D eigenvalue weighted by Crippen LogP contribution is -2.51. The van der Waals surface area contributed by atoms with Gasteiger partial charge in [-0.15, -0.1) is 0 Å². The third-order valence-corrected chi connectivity index (χ3v) is 6.63. The summed E-state index contributed by atoms with van der Waals surface area (Å²) in [5.41, 5.74) is 3.06. The Morgan fingerprint density at radius 3 is 2.32 bits per heavy atom. The number of ether oxygens (including phenoxy) is 1. The number of amides is 2. The number of nitrogens with one attached hydrogen (secondary N) is 1. The molecule has 0 aromatic heterocycles. The zero-order valence-corrected chi connectivity index (χ0v) is 22.4. The third kappa shape index (κ3) is 7.18. The smallest absolute Gasteiger partial charge is 0.261 e. The first-order valence-electron chi connectivity index (χ1n) is 11.1. The second-order valence-corrected chi connectivity index (χ2v) is 9.65. The molecule has 0 aliphatic rings. The van der Waals surface area contributed by atoms with Gasteiger partial charge in [-0.3, -0.25) is 9.59 Å². The van der Waals surface area contributed by atoms with Gasteiger partial charge in [0.1, 0.15) is 11.8 Å². The summed E-state index contributed by atoms with van der Waals surface area (Å²) in [5, 5.41) is 2.72. The Morgan fingerprint density at radius 2 is 1.68 bits per heavy atom. The number of hydrogen-bond acceptors (Lipinski definition) is 3. The predicted molar refractivity (Wildman–Crippen MR) is 142 cm³/mol. The van der Waals surface area contributed by atoms with E-state index in [1.807, 2.05) is 72.8 Å². The van der Waals surface area contributed by atoms with Crippen LogP contribution >= 0.6 is 31.9 Å². The van der Waals surface area contributed by atoms with Gasteiger partial charge in [-0.05, 0) is 63.3 Å². The Kier molecular flexibility index (Phi) is 9.72. The second kappa shape index (κ2) is 12.7. The van der Waals surface area contributed by atoms with E-state index in [2.05, 4.69) is 44.1 Å². The number of aryl methyl sites for hydroxylation is 1. The van der Waals surface area contributed by atoms with Crippen molar-refractivity contribution in [1.82, 2.24) is 10.2 Å². The van der Waals surface area contributed by atoms with Crippen molar-refractivity contribution in [2.24, 2.45) is 0 Å². The van der Waals surface area contributed by atoms with Crippen LogP contribution in [-0.4, -0.2) is 36.4 Å². The summed E-state index contributed by atoms with van der Waals surface area (Å²) in [6.45, 7) is 2.18. The fraction of sp³-hybridized carbons (Fsp3) is 0.259. The van der Waals surface area contributed by atoms with Gasteiger partial charge in [0.2, 0.25) is 5.91 Å². The molecule has 0 aliphatic carbocycles. The molecule has 0 saturated heterocycles. The van der Waals surface area contributed by atoms with Gasteiger partial charge in [-0.1, -0.05) is 71.4 Å². The molecule has 0 aliphatic heterocycles. The van der Waals surface area contributed by atoms with E-state index in [4.69, 9.17) is 4.74 Å². The zero-order valence-electron chi connectivity index (χ0n) is 19.3. The van der Waals surface area contributed by atoms with Gasteiger partial charge in [0.15, 0.2) is 6.61 Å². The molecule has 178 valence electrons. The fourth-order valence-electron chi connectivity index (χ4n) is 3.66. The molecule has 3 aromatic rings. The Hall–Kier alpha value is -2.64. The molecule has 0 fully saturated rings. The van der Waals surface area contributed by atoms with Crippen molar-refractivity contribution < 1.29 is 14.3 Å². The van der Waals surface area contributed by atoms with Gasteiger partial charge >= 0.3 is 0 Å². The van der Waals surface area contributed by atoms with E-state index in [-0.39, 0.29) is 25.0 Å². The highest BCUT2D eigenvalue weighted by molar-refractivity contribution is 9.10. The summed E-state index contributed by atoms with van der Waals surface area (Å²) >= 11 is 7.02. The second-order valence-electron chi connectivity index (χ2n) is 7.88. The molecule has 0 radical (unpaired) electrons. The fourth-order valence-corrected chi connectivity index (χ4v) is 4.64. The Bertz CT molecular complexity index is 1120. The molecule has 7 heteroatoms. The molecule has 0 saturated carbocycles. The maximum absolute atomic E-state index is 13.5. The Balaban J connectivity index is 1.87. The Labute approximate surface area is 217 Å². The molecule has 0 unspecified atom stereocenters. The first-order chi connectivity index (χ1) is 16.4. The summed E-state index contributed by atoms with van der Waals surface area (Å²) in [5.74, 6) is 0.101. The topological polar surface area (TPSA) is 58.6 Å². The summed E-state index contributed by atoms with van der Waals surface area (Å²) < 4.78 is 7.58. The molecule has 3 aromatic carbocycles. The highest BCUT2D eigenvalue weighted by Gasteiger charge is 2.30. The van der Waals surface area contributed by atoms with Crippen LogP contribution in [0.3, 0.4) is 0 Å². The molecule has 2 amide bonds. The van der Waals surface area contributed by atoms with E-state index in [1.165, 1.54) is 5.56 Å². The molecule has 0 bridgehead atoms. The van der Waals surface area contributed by atoms with Crippen LogP contribution in [0.4, 0.5) is 0 Å². The largest absolute Gasteiger partial charge is 0.483 e. The molecule has 1 N–H and O–H groups in total. The van der Waals surface area contributed by atoms with Gasteiger partial charge in [0, 0.05) is 24.5 Å². The molecule has 0 spiro atoms. The van der Waals surface area contributed by atoms with Gasteiger partial charge in [-0.2, -0.15) is 0 Å². The normalized spacial score (nSPS) is 11.5. The van der Waals surface area contributed by atoms with Gasteiger partial charge < -0.3 is 15.0 Å². The van der Waals surface area contributed by atoms with E-state index < -0.39 is 6.04 Å². The summed E-state index contributed by atoms with van der Waals surface area (Å²) in [6, 6.07) is 22.6. The standard InChI is InChI=1S/C27H28Br2N2O3/c1-3-19-12-13-25(23(29)15-19)34-18-26(32)31(17-21-10-7-11-22(28)14-21)24(27(33)30-2)16-20-8-5-4-6-9-20/h4-15,24H,3,16-18H2,1-2H3,(H,30,33)/t24-/m0/s1. The van der Waals surface area contributed by atoms with E-state index >= 15 is 0 Å². The van der Waals surface area contributed by atoms with Crippen molar-refractivity contribution in [2.75, 3.05) is 13.7 Å². The van der Waals surface area contributed by atoms with Gasteiger partial charge in [0.25, 0.3) is 5.91 Å². The highest BCUT2D eigenvalue weighted by atomic mass is 79.9. The van der Waals surface area contributed by atoms with Crippen molar-refractivity contribution in [3.63, 3.8) is 0 Å². The number of likely N-dealkylation sites (N-methyl/N-ethyl adjacent to an activating group) is 1. The average molecular weight is 588 g/mol. The number of hydrogen-bond donors (Lipinski definition) is 1. The van der Waals surface area contributed by atoms with Crippen LogP contribution in [0.2, 0.25) is 0 Å². The van der Waals surface area contributed by atoms with E-state index in [0.29, 0.717) is 12.2 Å². The zero-order chi connectivity index (χ0) is 24.5. The van der Waals surface area contributed by atoms with Crippen LogP contribution in [0.25, 0.3) is 0 Å².